The number of anilines is 2. The lowest BCUT2D eigenvalue weighted by Crippen LogP contribution is -1.98. The van der Waals surface area contributed by atoms with E-state index in [1.54, 1.807) is 23.5 Å². The molecule has 0 unspecified atom stereocenters. The summed E-state index contributed by atoms with van der Waals surface area (Å²) in [7, 11) is 0. The van der Waals surface area contributed by atoms with Crippen LogP contribution >= 0.6 is 11.3 Å². The van der Waals surface area contributed by atoms with Crippen molar-refractivity contribution in [3.63, 3.8) is 0 Å². The van der Waals surface area contributed by atoms with Crippen molar-refractivity contribution >= 4 is 33.1 Å². The first-order valence-electron chi connectivity index (χ1n) is 6.60. The van der Waals surface area contributed by atoms with Crippen LogP contribution in [-0.4, -0.2) is 9.97 Å². The van der Waals surface area contributed by atoms with Gasteiger partial charge >= 0.3 is 0 Å². The normalized spacial score (nSPS) is 13.7. The first kappa shape index (κ1) is 11.8. The van der Waals surface area contributed by atoms with E-state index in [-0.39, 0.29) is 5.82 Å². The molecule has 1 aliphatic rings. The summed E-state index contributed by atoms with van der Waals surface area (Å²) in [6, 6.07) is 6.65. The molecule has 0 radical (unpaired) electrons. The molecule has 4 rings (SSSR count). The number of nitrogens with zero attached hydrogens (tertiary/aromatic N) is 2. The molecule has 2 aromatic heterocycles. The maximum atomic E-state index is 13.8. The average Bonchev–Trinajstić information content (AvgIpc) is 3.02. The van der Waals surface area contributed by atoms with E-state index >= 15 is 0 Å². The summed E-state index contributed by atoms with van der Waals surface area (Å²) in [6.07, 6.45) is 4.91. The first-order chi connectivity index (χ1) is 9.83. The van der Waals surface area contributed by atoms with Gasteiger partial charge in [-0.05, 0) is 37.0 Å². The number of hydrogen-bond donors (Lipinski definition) is 1. The average molecular weight is 285 g/mol. The second-order valence-corrected chi connectivity index (χ2v) is 5.95. The molecule has 5 heteroatoms. The number of thiophene rings is 1. The van der Waals surface area contributed by atoms with Crippen LogP contribution in [0.25, 0.3) is 10.2 Å². The van der Waals surface area contributed by atoms with Gasteiger partial charge < -0.3 is 5.32 Å². The van der Waals surface area contributed by atoms with E-state index < -0.39 is 0 Å². The Morgan fingerprint density at radius 2 is 2.05 bits per heavy atom. The number of halogens is 1. The highest BCUT2D eigenvalue weighted by Crippen LogP contribution is 2.39. The largest absolute Gasteiger partial charge is 0.337 e. The van der Waals surface area contributed by atoms with Crippen molar-refractivity contribution in [1.29, 1.82) is 0 Å². The van der Waals surface area contributed by atoms with Gasteiger partial charge in [-0.25, -0.2) is 14.4 Å². The van der Waals surface area contributed by atoms with Crippen LogP contribution in [0.4, 0.5) is 15.9 Å². The number of aryl methyl sites for hydroxylation is 2. The van der Waals surface area contributed by atoms with Gasteiger partial charge in [0.1, 0.15) is 22.8 Å². The van der Waals surface area contributed by atoms with Crippen LogP contribution in [0.15, 0.2) is 30.6 Å². The summed E-state index contributed by atoms with van der Waals surface area (Å²) >= 11 is 1.73. The molecule has 2 heterocycles. The van der Waals surface area contributed by atoms with E-state index in [1.165, 1.54) is 29.3 Å². The molecule has 3 aromatic rings. The molecule has 1 aromatic carbocycles. The van der Waals surface area contributed by atoms with Gasteiger partial charge in [0, 0.05) is 4.88 Å². The fourth-order valence-electron chi connectivity index (χ4n) is 2.71. The molecule has 0 atom stereocenters. The predicted octanol–water partition coefficient (Wildman–Crippen LogP) is 4.06. The molecule has 20 heavy (non-hydrogen) atoms. The van der Waals surface area contributed by atoms with Gasteiger partial charge in [-0.15, -0.1) is 11.3 Å². The number of fused-ring (bicyclic) bond motifs is 3. The van der Waals surface area contributed by atoms with Crippen LogP contribution in [0.1, 0.15) is 16.9 Å². The van der Waals surface area contributed by atoms with Crippen molar-refractivity contribution in [2.24, 2.45) is 0 Å². The molecule has 0 saturated heterocycles. The van der Waals surface area contributed by atoms with Crippen molar-refractivity contribution in [3.8, 4) is 0 Å². The Bertz CT molecular complexity index is 797. The third-order valence-electron chi connectivity index (χ3n) is 3.63. The standard InChI is InChI=1S/C15H12FN3S/c16-10-5-1-2-6-11(10)19-14-13-9-4-3-7-12(9)20-15(13)18-8-17-14/h1-2,5-6,8H,3-4,7H2,(H,17,18,19). The smallest absolute Gasteiger partial charge is 0.146 e. The maximum absolute atomic E-state index is 13.8. The number of benzene rings is 1. The Balaban J connectivity index is 1.86. The van der Waals surface area contributed by atoms with Gasteiger partial charge in [0.25, 0.3) is 0 Å². The second kappa shape index (κ2) is 4.52. The molecule has 0 spiro atoms. The van der Waals surface area contributed by atoms with E-state index in [9.17, 15) is 4.39 Å². The minimum Gasteiger partial charge on any atom is -0.337 e. The SMILES string of the molecule is Fc1ccccc1Nc1ncnc2sc3c(c12)CCC3. The first-order valence-corrected chi connectivity index (χ1v) is 7.41. The van der Waals surface area contributed by atoms with E-state index in [4.69, 9.17) is 0 Å². The van der Waals surface area contributed by atoms with E-state index in [0.717, 1.165) is 23.1 Å². The zero-order valence-electron chi connectivity index (χ0n) is 10.7. The molecular weight excluding hydrogens is 273 g/mol. The summed E-state index contributed by atoms with van der Waals surface area (Å²) in [5.74, 6) is 0.436. The lowest BCUT2D eigenvalue weighted by atomic mass is 10.2. The molecule has 1 aliphatic carbocycles. The summed E-state index contributed by atoms with van der Waals surface area (Å²) in [5.41, 5.74) is 1.79. The monoisotopic (exact) mass is 285 g/mol. The summed E-state index contributed by atoms with van der Waals surface area (Å²) in [5, 5.41) is 4.17. The van der Waals surface area contributed by atoms with Crippen LogP contribution in [0.2, 0.25) is 0 Å². The minimum absolute atomic E-state index is 0.272. The van der Waals surface area contributed by atoms with Crippen molar-refractivity contribution in [2.45, 2.75) is 19.3 Å². The Labute approximate surface area is 119 Å². The summed E-state index contributed by atoms with van der Waals surface area (Å²) in [6.45, 7) is 0. The lowest BCUT2D eigenvalue weighted by Gasteiger charge is -2.08. The number of para-hydroxylation sites is 1. The third kappa shape index (κ3) is 1.78. The topological polar surface area (TPSA) is 37.8 Å². The molecule has 0 saturated carbocycles. The second-order valence-electron chi connectivity index (χ2n) is 4.86. The highest BCUT2D eigenvalue weighted by molar-refractivity contribution is 7.19. The zero-order valence-corrected chi connectivity index (χ0v) is 11.5. The molecule has 0 fully saturated rings. The van der Waals surface area contributed by atoms with Crippen molar-refractivity contribution in [2.75, 3.05) is 5.32 Å². The maximum Gasteiger partial charge on any atom is 0.146 e. The molecule has 0 aliphatic heterocycles. The van der Waals surface area contributed by atoms with Gasteiger partial charge in [-0.2, -0.15) is 0 Å². The van der Waals surface area contributed by atoms with Gasteiger partial charge in [-0.1, -0.05) is 12.1 Å². The van der Waals surface area contributed by atoms with Crippen LogP contribution < -0.4 is 5.32 Å². The highest BCUT2D eigenvalue weighted by atomic mass is 32.1. The molecular formula is C15H12FN3S. The van der Waals surface area contributed by atoms with Crippen molar-refractivity contribution in [1.82, 2.24) is 9.97 Å². The highest BCUT2D eigenvalue weighted by Gasteiger charge is 2.21. The molecule has 0 amide bonds. The van der Waals surface area contributed by atoms with Crippen LogP contribution in [-0.2, 0) is 12.8 Å². The quantitative estimate of drug-likeness (QED) is 0.771. The predicted molar refractivity (Wildman–Crippen MR) is 79.1 cm³/mol. The number of rotatable bonds is 2. The van der Waals surface area contributed by atoms with Crippen molar-refractivity contribution in [3.05, 3.63) is 46.9 Å². The third-order valence-corrected chi connectivity index (χ3v) is 4.83. The van der Waals surface area contributed by atoms with Gasteiger partial charge in [0.15, 0.2) is 0 Å². The zero-order chi connectivity index (χ0) is 13.5. The Hall–Kier alpha value is -2.01. The number of aromatic nitrogens is 2. The van der Waals surface area contributed by atoms with Gasteiger partial charge in [0.05, 0.1) is 11.1 Å². The van der Waals surface area contributed by atoms with E-state index in [0.29, 0.717) is 11.5 Å². The van der Waals surface area contributed by atoms with Crippen molar-refractivity contribution < 1.29 is 4.39 Å². The van der Waals surface area contributed by atoms with Crippen LogP contribution in [0.3, 0.4) is 0 Å². The summed E-state index contributed by atoms with van der Waals surface area (Å²) < 4.78 is 13.8. The van der Waals surface area contributed by atoms with Gasteiger partial charge in [-0.3, -0.25) is 0 Å². The molecule has 0 bridgehead atoms. The van der Waals surface area contributed by atoms with Crippen LogP contribution in [0, 0.1) is 5.82 Å². The van der Waals surface area contributed by atoms with Gasteiger partial charge in [0.2, 0.25) is 0 Å². The van der Waals surface area contributed by atoms with Crippen LogP contribution in [0.5, 0.6) is 0 Å². The fourth-order valence-corrected chi connectivity index (χ4v) is 3.94. The minimum atomic E-state index is -0.272. The molecule has 100 valence electrons. The number of hydrogen-bond acceptors (Lipinski definition) is 4. The van der Waals surface area contributed by atoms with E-state index in [1.807, 2.05) is 6.07 Å². The number of nitrogens with one attached hydrogen (secondary N) is 1. The Morgan fingerprint density at radius 3 is 2.95 bits per heavy atom. The molecule has 1 N–H and O–H groups in total. The Kier molecular flexibility index (Phi) is 2.67. The fraction of sp³-hybridized carbons (Fsp3) is 0.200. The van der Waals surface area contributed by atoms with E-state index in [2.05, 4.69) is 15.3 Å². The molecule has 3 nitrogen and oxygen atoms in total. The Morgan fingerprint density at radius 1 is 1.15 bits per heavy atom. The summed E-state index contributed by atoms with van der Waals surface area (Å²) in [4.78, 5) is 11.0. The lowest BCUT2D eigenvalue weighted by molar-refractivity contribution is 0.632.